The molecule has 0 spiro atoms. The topological polar surface area (TPSA) is 95.0 Å². The number of nitrogens with one attached hydrogen (secondary N) is 1. The highest BCUT2D eigenvalue weighted by Gasteiger charge is 2.21. The number of aromatic nitrogens is 3. The van der Waals surface area contributed by atoms with E-state index in [0.29, 0.717) is 10.2 Å². The lowest BCUT2D eigenvalue weighted by atomic mass is 10.1. The summed E-state index contributed by atoms with van der Waals surface area (Å²) in [6.45, 7) is 0.274. The molecule has 0 fully saturated rings. The number of aryl methyl sites for hydroxylation is 1. The van der Waals surface area contributed by atoms with Crippen molar-refractivity contribution in [3.8, 4) is 0 Å². The highest BCUT2D eigenvalue weighted by Crippen LogP contribution is 2.29. The maximum absolute atomic E-state index is 12.5. The van der Waals surface area contributed by atoms with Crippen molar-refractivity contribution in [2.45, 2.75) is 6.54 Å². The van der Waals surface area contributed by atoms with Gasteiger partial charge in [-0.15, -0.1) is 0 Å². The third-order valence-electron chi connectivity index (χ3n) is 4.16. The minimum absolute atomic E-state index is 0.187. The van der Waals surface area contributed by atoms with Gasteiger partial charge in [-0.25, -0.2) is 4.98 Å². The molecule has 0 amide bonds. The second-order valence-electron chi connectivity index (χ2n) is 5.87. The Kier molecular flexibility index (Phi) is 5.20. The molecule has 0 aliphatic rings. The molecule has 0 unspecified atom stereocenters. The Morgan fingerprint density at radius 1 is 1.30 bits per heavy atom. The van der Waals surface area contributed by atoms with Crippen LogP contribution in [0, 0.1) is 10.1 Å². The Balaban J connectivity index is 1.88. The molecule has 3 aromatic rings. The van der Waals surface area contributed by atoms with E-state index in [-0.39, 0.29) is 29.3 Å². The van der Waals surface area contributed by atoms with Gasteiger partial charge in [0.1, 0.15) is 10.8 Å². The highest BCUT2D eigenvalue weighted by molar-refractivity contribution is 6.41. The summed E-state index contributed by atoms with van der Waals surface area (Å²) in [5, 5.41) is 15.3. The molecule has 0 saturated heterocycles. The molecule has 0 atom stereocenters. The zero-order valence-electron chi connectivity index (χ0n) is 14.4. The fraction of sp³-hybridized carbons (Fsp3) is 0.176. The van der Waals surface area contributed by atoms with Crippen molar-refractivity contribution >= 4 is 40.4 Å². The fourth-order valence-corrected chi connectivity index (χ4v) is 3.05. The van der Waals surface area contributed by atoms with Gasteiger partial charge in [0.05, 0.1) is 16.5 Å². The van der Waals surface area contributed by atoms with Crippen LogP contribution in [0.4, 0.5) is 11.4 Å². The van der Waals surface area contributed by atoms with Crippen LogP contribution in [0.1, 0.15) is 21.9 Å². The standard InChI is InChI=1S/C17H15Cl2N5O3/c1-22-6-5-20-17(22)15(25)10-3-4-13(14(7-10)24(26)27)21-9-11-8-12(18)16(19)23(11)2/h3-8,21H,9H2,1-2H3. The Labute approximate surface area is 164 Å². The van der Waals surface area contributed by atoms with Gasteiger partial charge in [-0.05, 0) is 18.2 Å². The second kappa shape index (κ2) is 7.42. The van der Waals surface area contributed by atoms with Gasteiger partial charge in [-0.1, -0.05) is 23.2 Å². The third kappa shape index (κ3) is 3.67. The number of halogens is 2. The van der Waals surface area contributed by atoms with E-state index in [1.165, 1.54) is 24.4 Å². The van der Waals surface area contributed by atoms with E-state index in [4.69, 9.17) is 23.2 Å². The number of carbonyl (C=O) groups excluding carboxylic acids is 1. The maximum atomic E-state index is 12.5. The van der Waals surface area contributed by atoms with E-state index in [9.17, 15) is 14.9 Å². The number of nitrogens with zero attached hydrogens (tertiary/aromatic N) is 4. The van der Waals surface area contributed by atoms with E-state index in [1.807, 2.05) is 0 Å². The average Bonchev–Trinajstić information content (AvgIpc) is 3.17. The monoisotopic (exact) mass is 407 g/mol. The predicted octanol–water partition coefficient (Wildman–Crippen LogP) is 3.82. The molecule has 3 rings (SSSR count). The van der Waals surface area contributed by atoms with E-state index in [1.54, 1.807) is 35.5 Å². The summed E-state index contributed by atoms with van der Waals surface area (Å²) in [5.41, 5.74) is 1.02. The van der Waals surface area contributed by atoms with Gasteiger partial charge in [-0.2, -0.15) is 0 Å². The number of imidazole rings is 1. The molecule has 2 aromatic heterocycles. The lowest BCUT2D eigenvalue weighted by molar-refractivity contribution is -0.384. The minimum atomic E-state index is -0.539. The van der Waals surface area contributed by atoms with Gasteiger partial charge < -0.3 is 14.5 Å². The van der Waals surface area contributed by atoms with Crippen LogP contribution in [0.3, 0.4) is 0 Å². The van der Waals surface area contributed by atoms with Crippen molar-refractivity contribution in [3.05, 3.63) is 74.0 Å². The van der Waals surface area contributed by atoms with E-state index < -0.39 is 10.7 Å². The van der Waals surface area contributed by atoms with Crippen LogP contribution in [0.5, 0.6) is 0 Å². The first kappa shape index (κ1) is 18.9. The molecule has 1 N–H and O–H groups in total. The smallest absolute Gasteiger partial charge is 0.293 e. The molecular weight excluding hydrogens is 393 g/mol. The summed E-state index contributed by atoms with van der Waals surface area (Å²) in [4.78, 5) is 27.4. The number of hydrogen-bond acceptors (Lipinski definition) is 5. The zero-order valence-corrected chi connectivity index (χ0v) is 16.0. The normalized spacial score (nSPS) is 10.8. The SMILES string of the molecule is Cn1ccnc1C(=O)c1ccc(NCc2cc(Cl)c(Cl)n2C)c([N+](=O)[O-])c1. The molecule has 8 nitrogen and oxygen atoms in total. The molecule has 0 aliphatic heterocycles. The first-order chi connectivity index (χ1) is 12.8. The molecule has 0 aliphatic carbocycles. The molecule has 140 valence electrons. The van der Waals surface area contributed by atoms with Crippen LogP contribution < -0.4 is 5.32 Å². The van der Waals surface area contributed by atoms with Gasteiger partial charge in [0.2, 0.25) is 5.78 Å². The van der Waals surface area contributed by atoms with Crippen LogP contribution in [-0.4, -0.2) is 24.8 Å². The van der Waals surface area contributed by atoms with Crippen LogP contribution in [0.2, 0.25) is 10.2 Å². The molecular formula is C17H15Cl2N5O3. The predicted molar refractivity (Wildman–Crippen MR) is 102 cm³/mol. The Bertz CT molecular complexity index is 1040. The quantitative estimate of drug-likeness (QED) is 0.380. The van der Waals surface area contributed by atoms with Gasteiger partial charge in [0.25, 0.3) is 5.69 Å². The van der Waals surface area contributed by atoms with Crippen LogP contribution in [0.25, 0.3) is 0 Å². The first-order valence-corrected chi connectivity index (χ1v) is 8.59. The number of nitro benzene ring substituents is 1. The second-order valence-corrected chi connectivity index (χ2v) is 6.63. The van der Waals surface area contributed by atoms with Crippen LogP contribution in [-0.2, 0) is 20.6 Å². The van der Waals surface area contributed by atoms with Gasteiger partial charge in [-0.3, -0.25) is 14.9 Å². The average molecular weight is 408 g/mol. The first-order valence-electron chi connectivity index (χ1n) is 7.83. The molecule has 10 heteroatoms. The van der Waals surface area contributed by atoms with Crippen LogP contribution >= 0.6 is 23.2 Å². The molecule has 0 bridgehead atoms. The fourth-order valence-electron chi connectivity index (χ4n) is 2.63. The number of benzene rings is 1. The van der Waals surface area contributed by atoms with Gasteiger partial charge in [0.15, 0.2) is 5.82 Å². The largest absolute Gasteiger partial charge is 0.374 e. The summed E-state index contributed by atoms with van der Waals surface area (Å²) in [6.07, 6.45) is 3.13. The van der Waals surface area contributed by atoms with Crippen LogP contribution in [0.15, 0.2) is 36.7 Å². The minimum Gasteiger partial charge on any atom is -0.374 e. The number of rotatable bonds is 6. The Hall–Kier alpha value is -2.84. The maximum Gasteiger partial charge on any atom is 0.293 e. The molecule has 0 saturated carbocycles. The number of nitro groups is 1. The summed E-state index contributed by atoms with van der Waals surface area (Å²) in [7, 11) is 3.43. The number of anilines is 1. The van der Waals surface area contributed by atoms with Crippen molar-refractivity contribution in [3.63, 3.8) is 0 Å². The summed E-state index contributed by atoms with van der Waals surface area (Å²) < 4.78 is 3.24. The summed E-state index contributed by atoms with van der Waals surface area (Å²) in [6, 6.07) is 5.95. The number of carbonyl (C=O) groups is 1. The number of hydrogen-bond donors (Lipinski definition) is 1. The van der Waals surface area contributed by atoms with Gasteiger partial charge in [0, 0.05) is 43.8 Å². The molecule has 27 heavy (non-hydrogen) atoms. The molecule has 0 radical (unpaired) electrons. The lowest BCUT2D eigenvalue weighted by Crippen LogP contribution is -2.10. The van der Waals surface area contributed by atoms with Crippen molar-refractivity contribution in [1.82, 2.24) is 14.1 Å². The van der Waals surface area contributed by atoms with Crippen molar-refractivity contribution in [2.24, 2.45) is 14.1 Å². The lowest BCUT2D eigenvalue weighted by Gasteiger charge is -2.09. The molecule has 1 aromatic carbocycles. The van der Waals surface area contributed by atoms with E-state index >= 15 is 0 Å². The Morgan fingerprint density at radius 2 is 2.04 bits per heavy atom. The van der Waals surface area contributed by atoms with Gasteiger partial charge >= 0.3 is 0 Å². The number of ketones is 1. The third-order valence-corrected chi connectivity index (χ3v) is 5.00. The highest BCUT2D eigenvalue weighted by atomic mass is 35.5. The van der Waals surface area contributed by atoms with E-state index in [2.05, 4.69) is 10.3 Å². The Morgan fingerprint density at radius 3 is 2.59 bits per heavy atom. The van der Waals surface area contributed by atoms with Crippen molar-refractivity contribution in [1.29, 1.82) is 0 Å². The van der Waals surface area contributed by atoms with Crippen molar-refractivity contribution in [2.75, 3.05) is 5.32 Å². The zero-order chi connectivity index (χ0) is 19.7. The van der Waals surface area contributed by atoms with Crippen molar-refractivity contribution < 1.29 is 9.72 Å². The summed E-state index contributed by atoms with van der Waals surface area (Å²) in [5.74, 6) is -0.184. The molecule has 2 heterocycles. The summed E-state index contributed by atoms with van der Waals surface area (Å²) >= 11 is 12.0. The van der Waals surface area contributed by atoms with E-state index in [0.717, 1.165) is 5.69 Å².